The van der Waals surface area contributed by atoms with Gasteiger partial charge in [-0.05, 0) is 18.2 Å². The topological polar surface area (TPSA) is 72.1 Å². The number of nitrogens with one attached hydrogen (secondary N) is 3. The maximum Gasteiger partial charge on any atom is 0.414 e. The lowest BCUT2D eigenvalue weighted by Gasteiger charge is -2.30. The third-order valence-corrected chi connectivity index (χ3v) is 4.52. The molecule has 1 aromatic rings. The van der Waals surface area contributed by atoms with Crippen molar-refractivity contribution in [1.29, 1.82) is 0 Å². The van der Waals surface area contributed by atoms with Crippen molar-refractivity contribution in [1.82, 2.24) is 21.3 Å². The van der Waals surface area contributed by atoms with E-state index in [1.807, 2.05) is 11.1 Å². The fourth-order valence-corrected chi connectivity index (χ4v) is 3.26. The van der Waals surface area contributed by atoms with Crippen LogP contribution in [-0.4, -0.2) is 56.5 Å². The molecule has 134 valence electrons. The molecule has 0 aromatic heterocycles. The number of amides is 1. The van der Waals surface area contributed by atoms with Crippen LogP contribution < -0.4 is 26.1 Å². The summed E-state index contributed by atoms with van der Waals surface area (Å²) < 4.78 is 19.9. The van der Waals surface area contributed by atoms with Gasteiger partial charge in [-0.15, -0.1) is 5.53 Å². The first-order valence-corrected chi connectivity index (χ1v) is 8.38. The van der Waals surface area contributed by atoms with Gasteiger partial charge < -0.3 is 20.4 Å². The number of piperazine rings is 1. The maximum atomic E-state index is 14.6. The second kappa shape index (κ2) is 6.77. The first-order valence-electron chi connectivity index (χ1n) is 8.38. The largest absolute Gasteiger partial charge is 0.442 e. The summed E-state index contributed by atoms with van der Waals surface area (Å²) in [5.74, 6) is -0.316. The molecule has 3 heterocycles. The summed E-state index contributed by atoms with van der Waals surface area (Å²) >= 11 is 0. The quantitative estimate of drug-likeness (QED) is 0.725. The normalized spacial score (nSPS) is 23.2. The van der Waals surface area contributed by atoms with Crippen molar-refractivity contribution in [3.8, 4) is 0 Å². The molecule has 0 radical (unpaired) electrons. The Labute approximate surface area is 145 Å². The molecule has 1 atom stereocenters. The molecule has 3 aliphatic heterocycles. The van der Waals surface area contributed by atoms with Crippen LogP contribution in [0.5, 0.6) is 0 Å². The van der Waals surface area contributed by atoms with Gasteiger partial charge in [0.15, 0.2) is 0 Å². The zero-order chi connectivity index (χ0) is 17.2. The van der Waals surface area contributed by atoms with Gasteiger partial charge in [0.05, 0.1) is 24.5 Å². The molecule has 9 heteroatoms. The van der Waals surface area contributed by atoms with Crippen molar-refractivity contribution < 1.29 is 13.9 Å². The Morgan fingerprint density at radius 2 is 2.12 bits per heavy atom. The summed E-state index contributed by atoms with van der Waals surface area (Å²) in [7, 11) is 0. The maximum absolute atomic E-state index is 14.6. The molecule has 3 N–H and O–H groups in total. The Morgan fingerprint density at radius 3 is 2.84 bits per heavy atom. The van der Waals surface area contributed by atoms with Crippen molar-refractivity contribution >= 4 is 17.5 Å². The van der Waals surface area contributed by atoms with Gasteiger partial charge in [0, 0.05) is 38.6 Å². The van der Waals surface area contributed by atoms with Crippen LogP contribution in [0.25, 0.3) is 0 Å². The zero-order valence-corrected chi connectivity index (χ0v) is 13.7. The molecule has 2 saturated heterocycles. The van der Waals surface area contributed by atoms with E-state index in [0.717, 1.165) is 26.2 Å². The van der Waals surface area contributed by atoms with E-state index in [4.69, 9.17) is 4.74 Å². The van der Waals surface area contributed by atoms with E-state index in [2.05, 4.69) is 16.3 Å². The SMILES string of the molecule is O=C1O[C@@H](CN2C=CNN2)CN1c1ccc(N2CCNCC2)c(F)c1. The summed E-state index contributed by atoms with van der Waals surface area (Å²) in [6.45, 7) is 4.12. The molecule has 0 unspecified atom stereocenters. The number of rotatable bonds is 4. The molecule has 1 amide bonds. The van der Waals surface area contributed by atoms with E-state index >= 15 is 0 Å². The summed E-state index contributed by atoms with van der Waals surface area (Å²) in [5, 5.41) is 5.04. The number of hydrazine groups is 2. The highest BCUT2D eigenvalue weighted by Crippen LogP contribution is 2.28. The van der Waals surface area contributed by atoms with Crippen LogP contribution in [-0.2, 0) is 4.74 Å². The van der Waals surface area contributed by atoms with Crippen LogP contribution in [0.2, 0.25) is 0 Å². The number of halogens is 1. The third-order valence-electron chi connectivity index (χ3n) is 4.52. The number of hydrogen-bond donors (Lipinski definition) is 3. The summed E-state index contributed by atoms with van der Waals surface area (Å²) in [4.78, 5) is 15.6. The van der Waals surface area contributed by atoms with Crippen LogP contribution in [0.3, 0.4) is 0 Å². The van der Waals surface area contributed by atoms with Crippen LogP contribution in [0.1, 0.15) is 0 Å². The molecule has 1 aromatic carbocycles. The Balaban J connectivity index is 1.45. The number of carbonyl (C=O) groups excluding carboxylic acids is 1. The minimum atomic E-state index is -0.449. The highest BCUT2D eigenvalue weighted by molar-refractivity contribution is 5.90. The Bertz CT molecular complexity index is 679. The first-order chi connectivity index (χ1) is 12.2. The van der Waals surface area contributed by atoms with E-state index in [1.165, 1.54) is 11.0 Å². The fourth-order valence-electron chi connectivity index (χ4n) is 3.26. The van der Waals surface area contributed by atoms with Crippen molar-refractivity contribution in [2.45, 2.75) is 6.10 Å². The predicted molar refractivity (Wildman–Crippen MR) is 91.2 cm³/mol. The van der Waals surface area contributed by atoms with Crippen LogP contribution in [0, 0.1) is 5.82 Å². The molecule has 3 aliphatic rings. The zero-order valence-electron chi connectivity index (χ0n) is 13.7. The highest BCUT2D eigenvalue weighted by Gasteiger charge is 2.34. The van der Waals surface area contributed by atoms with Gasteiger partial charge in [-0.1, -0.05) is 0 Å². The molecule has 4 rings (SSSR count). The monoisotopic (exact) mass is 348 g/mol. The highest BCUT2D eigenvalue weighted by atomic mass is 19.1. The van der Waals surface area contributed by atoms with E-state index in [-0.39, 0.29) is 11.9 Å². The molecular formula is C16H21FN6O2. The second-order valence-corrected chi connectivity index (χ2v) is 6.21. The molecular weight excluding hydrogens is 327 g/mol. The standard InChI is InChI=1S/C16H21FN6O2/c17-14-9-12(1-2-15(14)21-6-3-18-4-7-21)23-11-13(25-16(23)24)10-22-8-5-19-20-22/h1-2,5,8-9,13,18-20H,3-4,6-7,10-11H2/t13-/m0/s1. The van der Waals surface area contributed by atoms with Gasteiger partial charge in [0.25, 0.3) is 0 Å². The Kier molecular flexibility index (Phi) is 4.33. The summed E-state index contributed by atoms with van der Waals surface area (Å²) in [6, 6.07) is 4.93. The average molecular weight is 348 g/mol. The summed E-state index contributed by atoms with van der Waals surface area (Å²) in [5.41, 5.74) is 6.82. The van der Waals surface area contributed by atoms with E-state index < -0.39 is 6.09 Å². The minimum absolute atomic E-state index is 0.291. The van der Waals surface area contributed by atoms with Crippen molar-refractivity contribution in [3.63, 3.8) is 0 Å². The predicted octanol–water partition coefficient (Wildman–Crippen LogP) is 0.357. The average Bonchev–Trinajstić information content (AvgIpc) is 3.25. The fraction of sp³-hybridized carbons (Fsp3) is 0.438. The van der Waals surface area contributed by atoms with Gasteiger partial charge in [0.2, 0.25) is 0 Å². The number of carbonyl (C=O) groups is 1. The van der Waals surface area contributed by atoms with Crippen molar-refractivity contribution in [2.75, 3.05) is 49.1 Å². The van der Waals surface area contributed by atoms with Gasteiger partial charge in [0.1, 0.15) is 11.9 Å². The third kappa shape index (κ3) is 3.33. The number of anilines is 2. The minimum Gasteiger partial charge on any atom is -0.442 e. The number of ether oxygens (including phenoxy) is 1. The number of nitrogens with zero attached hydrogens (tertiary/aromatic N) is 3. The van der Waals surface area contributed by atoms with Crippen molar-refractivity contribution in [2.24, 2.45) is 0 Å². The van der Waals surface area contributed by atoms with Gasteiger partial charge in [-0.3, -0.25) is 9.91 Å². The molecule has 25 heavy (non-hydrogen) atoms. The van der Waals surface area contributed by atoms with Crippen LogP contribution >= 0.6 is 0 Å². The lowest BCUT2D eigenvalue weighted by atomic mass is 10.2. The number of cyclic esters (lactones) is 1. The molecule has 2 fully saturated rings. The first kappa shape index (κ1) is 16.0. The van der Waals surface area contributed by atoms with Crippen molar-refractivity contribution in [3.05, 3.63) is 36.4 Å². The molecule has 0 saturated carbocycles. The van der Waals surface area contributed by atoms with Gasteiger partial charge >= 0.3 is 6.09 Å². The van der Waals surface area contributed by atoms with Crippen LogP contribution in [0.15, 0.2) is 30.6 Å². The smallest absolute Gasteiger partial charge is 0.414 e. The second-order valence-electron chi connectivity index (χ2n) is 6.21. The summed E-state index contributed by atoms with van der Waals surface area (Å²) in [6.07, 6.45) is 2.83. The van der Waals surface area contributed by atoms with Gasteiger partial charge in [-0.25, -0.2) is 9.18 Å². The number of hydrogen-bond acceptors (Lipinski definition) is 7. The van der Waals surface area contributed by atoms with Crippen LogP contribution in [0.4, 0.5) is 20.6 Å². The molecule has 8 nitrogen and oxygen atoms in total. The lowest BCUT2D eigenvalue weighted by molar-refractivity contribution is 0.109. The number of benzene rings is 1. The Morgan fingerprint density at radius 1 is 1.28 bits per heavy atom. The van der Waals surface area contributed by atoms with E-state index in [9.17, 15) is 9.18 Å². The molecule has 0 aliphatic carbocycles. The van der Waals surface area contributed by atoms with E-state index in [0.29, 0.717) is 24.5 Å². The lowest BCUT2D eigenvalue weighted by Crippen LogP contribution is -2.43. The van der Waals surface area contributed by atoms with Gasteiger partial charge in [-0.2, -0.15) is 0 Å². The molecule has 0 bridgehead atoms. The Hall–Kier alpha value is -2.52. The molecule has 0 spiro atoms. The van der Waals surface area contributed by atoms with E-state index in [1.54, 1.807) is 23.3 Å².